The van der Waals surface area contributed by atoms with Crippen LogP contribution >= 0.6 is 11.6 Å². The number of nitrogens with zero attached hydrogens (tertiary/aromatic N) is 1. The van der Waals surface area contributed by atoms with Crippen LogP contribution in [0.15, 0.2) is 30.5 Å². The number of aromatic hydroxyl groups is 1. The number of phenolic OH excluding ortho intramolecular Hbond substituents is 1. The Bertz CT molecular complexity index is 602. The molecule has 0 amide bonds. The molecular formula is C13H11ClN2O3. The predicted octanol–water partition coefficient (Wildman–Crippen LogP) is 2.78. The summed E-state index contributed by atoms with van der Waals surface area (Å²) in [7, 11) is 0. The first-order valence-corrected chi connectivity index (χ1v) is 6.07. The van der Waals surface area contributed by atoms with E-state index in [2.05, 4.69) is 10.3 Å². The number of fused-ring (bicyclic) bond motifs is 1. The van der Waals surface area contributed by atoms with Gasteiger partial charge in [-0.05, 0) is 18.2 Å². The average molecular weight is 279 g/mol. The Morgan fingerprint density at radius 1 is 1.26 bits per heavy atom. The summed E-state index contributed by atoms with van der Waals surface area (Å²) in [6, 6.07) is 6.83. The van der Waals surface area contributed by atoms with Gasteiger partial charge in [0.25, 0.3) is 0 Å². The van der Waals surface area contributed by atoms with Gasteiger partial charge in [0.15, 0.2) is 11.5 Å². The van der Waals surface area contributed by atoms with E-state index in [4.69, 9.17) is 21.1 Å². The van der Waals surface area contributed by atoms with Gasteiger partial charge in [-0.15, -0.1) is 0 Å². The first kappa shape index (κ1) is 11.9. The molecule has 0 atom stereocenters. The van der Waals surface area contributed by atoms with Gasteiger partial charge >= 0.3 is 0 Å². The second-order valence-corrected chi connectivity index (χ2v) is 4.44. The Morgan fingerprint density at radius 3 is 2.79 bits per heavy atom. The van der Waals surface area contributed by atoms with Crippen molar-refractivity contribution in [2.75, 3.05) is 12.1 Å². The van der Waals surface area contributed by atoms with E-state index in [9.17, 15) is 5.11 Å². The van der Waals surface area contributed by atoms with Crippen LogP contribution in [0.2, 0.25) is 5.15 Å². The molecule has 3 rings (SSSR count). The topological polar surface area (TPSA) is 63.6 Å². The maximum atomic E-state index is 9.88. The highest BCUT2D eigenvalue weighted by Gasteiger charge is 2.16. The van der Waals surface area contributed by atoms with Gasteiger partial charge in [0.1, 0.15) is 10.9 Å². The normalized spacial score (nSPS) is 12.5. The standard InChI is InChI=1S/C13H11ClN2O3/c14-13-2-1-9(6-16-13)15-5-8-3-11-12(4-10(8)17)19-7-18-11/h1-4,6,15,17H,5,7H2. The van der Waals surface area contributed by atoms with Crippen molar-refractivity contribution in [2.24, 2.45) is 0 Å². The average Bonchev–Trinajstić information content (AvgIpc) is 2.85. The molecule has 2 N–H and O–H groups in total. The van der Waals surface area contributed by atoms with Gasteiger partial charge in [-0.25, -0.2) is 4.98 Å². The molecule has 0 aliphatic carbocycles. The fraction of sp³-hybridized carbons (Fsp3) is 0.154. The van der Waals surface area contributed by atoms with Crippen LogP contribution in [0.4, 0.5) is 5.69 Å². The lowest BCUT2D eigenvalue weighted by Crippen LogP contribution is -2.00. The number of halogens is 1. The van der Waals surface area contributed by atoms with Crippen LogP contribution < -0.4 is 14.8 Å². The zero-order valence-electron chi connectivity index (χ0n) is 9.89. The Hall–Kier alpha value is -2.14. The number of benzene rings is 1. The van der Waals surface area contributed by atoms with Gasteiger partial charge in [0.05, 0.1) is 11.9 Å². The smallest absolute Gasteiger partial charge is 0.231 e. The van der Waals surface area contributed by atoms with Crippen molar-refractivity contribution in [3.63, 3.8) is 0 Å². The fourth-order valence-corrected chi connectivity index (χ4v) is 1.90. The minimum absolute atomic E-state index is 0.165. The third kappa shape index (κ3) is 2.51. The lowest BCUT2D eigenvalue weighted by atomic mass is 10.1. The molecule has 0 fully saturated rings. The Balaban J connectivity index is 1.75. The SMILES string of the molecule is Oc1cc2c(cc1CNc1ccc(Cl)nc1)OCO2. The molecule has 0 unspecified atom stereocenters. The number of hydrogen-bond donors (Lipinski definition) is 2. The van der Waals surface area contributed by atoms with E-state index in [-0.39, 0.29) is 12.5 Å². The van der Waals surface area contributed by atoms with Crippen molar-refractivity contribution >= 4 is 17.3 Å². The summed E-state index contributed by atoms with van der Waals surface area (Å²) in [6.45, 7) is 0.637. The molecule has 1 aromatic heterocycles. The van der Waals surface area contributed by atoms with Gasteiger partial charge in [-0.3, -0.25) is 0 Å². The predicted molar refractivity (Wildman–Crippen MR) is 70.8 cm³/mol. The maximum Gasteiger partial charge on any atom is 0.231 e. The van der Waals surface area contributed by atoms with E-state index in [1.165, 1.54) is 0 Å². The highest BCUT2D eigenvalue weighted by atomic mass is 35.5. The number of pyridine rings is 1. The first-order chi connectivity index (χ1) is 9.22. The van der Waals surface area contributed by atoms with E-state index in [0.717, 1.165) is 11.3 Å². The molecule has 0 bridgehead atoms. The zero-order valence-corrected chi connectivity index (χ0v) is 10.6. The number of hydrogen-bond acceptors (Lipinski definition) is 5. The number of phenols is 1. The van der Waals surface area contributed by atoms with Crippen molar-refractivity contribution < 1.29 is 14.6 Å². The first-order valence-electron chi connectivity index (χ1n) is 5.69. The molecule has 5 nitrogen and oxygen atoms in total. The molecule has 1 aliphatic heterocycles. The molecule has 0 spiro atoms. The molecule has 2 aromatic rings. The quantitative estimate of drug-likeness (QED) is 0.845. The van der Waals surface area contributed by atoms with Gasteiger partial charge in [-0.1, -0.05) is 11.6 Å². The second-order valence-electron chi connectivity index (χ2n) is 4.06. The van der Waals surface area contributed by atoms with Crippen molar-refractivity contribution in [2.45, 2.75) is 6.54 Å². The highest BCUT2D eigenvalue weighted by Crippen LogP contribution is 2.37. The van der Waals surface area contributed by atoms with Gasteiger partial charge in [0, 0.05) is 18.2 Å². The van der Waals surface area contributed by atoms with E-state index >= 15 is 0 Å². The molecule has 0 saturated carbocycles. The third-order valence-corrected chi connectivity index (χ3v) is 3.01. The second kappa shape index (κ2) is 4.85. The summed E-state index contributed by atoms with van der Waals surface area (Å²) in [5, 5.41) is 13.5. The summed E-state index contributed by atoms with van der Waals surface area (Å²) < 4.78 is 10.5. The lowest BCUT2D eigenvalue weighted by molar-refractivity contribution is 0.174. The van der Waals surface area contributed by atoms with Crippen molar-refractivity contribution in [3.8, 4) is 17.2 Å². The highest BCUT2D eigenvalue weighted by molar-refractivity contribution is 6.29. The fourth-order valence-electron chi connectivity index (χ4n) is 1.79. The number of anilines is 1. The van der Waals surface area contributed by atoms with Crippen molar-refractivity contribution in [1.82, 2.24) is 4.98 Å². The van der Waals surface area contributed by atoms with E-state index in [0.29, 0.717) is 23.2 Å². The monoisotopic (exact) mass is 278 g/mol. The number of aromatic nitrogens is 1. The Morgan fingerprint density at radius 2 is 2.05 bits per heavy atom. The number of rotatable bonds is 3. The van der Waals surface area contributed by atoms with Crippen molar-refractivity contribution in [1.29, 1.82) is 0 Å². The zero-order chi connectivity index (χ0) is 13.2. The summed E-state index contributed by atoms with van der Waals surface area (Å²) in [5.74, 6) is 1.37. The van der Waals surface area contributed by atoms with E-state index in [1.807, 2.05) is 6.07 Å². The summed E-state index contributed by atoms with van der Waals surface area (Å²) >= 11 is 5.71. The molecule has 98 valence electrons. The number of ether oxygens (including phenoxy) is 2. The van der Waals surface area contributed by atoms with Crippen LogP contribution in [0, 0.1) is 0 Å². The van der Waals surface area contributed by atoms with E-state index in [1.54, 1.807) is 24.4 Å². The Kier molecular flexibility index (Phi) is 3.05. The molecular weight excluding hydrogens is 268 g/mol. The molecule has 0 saturated heterocycles. The molecule has 1 aliphatic rings. The molecule has 2 heterocycles. The molecule has 1 aromatic carbocycles. The van der Waals surface area contributed by atoms with Crippen molar-refractivity contribution in [3.05, 3.63) is 41.2 Å². The van der Waals surface area contributed by atoms with Gasteiger partial charge in [0.2, 0.25) is 6.79 Å². The molecule has 6 heteroatoms. The minimum atomic E-state index is 0.165. The minimum Gasteiger partial charge on any atom is -0.507 e. The van der Waals surface area contributed by atoms with Gasteiger partial charge < -0.3 is 19.9 Å². The molecule has 0 radical (unpaired) electrons. The van der Waals surface area contributed by atoms with Crippen LogP contribution in [-0.2, 0) is 6.54 Å². The lowest BCUT2D eigenvalue weighted by Gasteiger charge is -2.09. The summed E-state index contributed by atoms with van der Waals surface area (Å²) in [5.41, 5.74) is 1.54. The largest absolute Gasteiger partial charge is 0.507 e. The van der Waals surface area contributed by atoms with Gasteiger partial charge in [-0.2, -0.15) is 0 Å². The van der Waals surface area contributed by atoms with Crippen LogP contribution in [0.3, 0.4) is 0 Å². The third-order valence-electron chi connectivity index (χ3n) is 2.78. The van der Waals surface area contributed by atoms with Crippen LogP contribution in [-0.4, -0.2) is 16.9 Å². The summed E-state index contributed by atoms with van der Waals surface area (Å²) in [4.78, 5) is 3.97. The van der Waals surface area contributed by atoms with Crippen LogP contribution in [0.1, 0.15) is 5.56 Å². The maximum absolute atomic E-state index is 9.88. The summed E-state index contributed by atoms with van der Waals surface area (Å²) in [6.07, 6.45) is 1.63. The Labute approximate surface area is 114 Å². The van der Waals surface area contributed by atoms with Crippen LogP contribution in [0.5, 0.6) is 17.2 Å². The number of nitrogens with one attached hydrogen (secondary N) is 1. The van der Waals surface area contributed by atoms with Crippen LogP contribution in [0.25, 0.3) is 0 Å². The van der Waals surface area contributed by atoms with E-state index < -0.39 is 0 Å². The molecule has 19 heavy (non-hydrogen) atoms.